The molecule has 0 N–H and O–H groups in total. The largest absolute Gasteiger partial charge is 0.494 e. The topological polar surface area (TPSA) is 42.4 Å². The molecule has 0 amide bonds. The molecule has 1 aliphatic heterocycles. The molecule has 0 spiro atoms. The maximum atomic E-state index is 12.7. The number of thiazole rings is 1. The number of hydrogen-bond acceptors (Lipinski definition) is 5. The summed E-state index contributed by atoms with van der Waals surface area (Å²) in [7, 11) is 0. The summed E-state index contributed by atoms with van der Waals surface area (Å²) in [6.07, 6.45) is 7.14. The zero-order chi connectivity index (χ0) is 21.1. The van der Waals surface area contributed by atoms with Crippen molar-refractivity contribution in [2.75, 3.05) is 19.7 Å². The Kier molecular flexibility index (Phi) is 6.59. The van der Waals surface area contributed by atoms with Crippen LogP contribution < -0.4 is 4.74 Å². The SMILES string of the molecule is CCCC(=O)C1(C)CCc2sc(-c3ccc(OCCCN4CCCC4C)cc3)nc21. The summed E-state index contributed by atoms with van der Waals surface area (Å²) in [4.78, 5) is 21.5. The second kappa shape index (κ2) is 9.19. The van der Waals surface area contributed by atoms with Crippen molar-refractivity contribution < 1.29 is 9.53 Å². The van der Waals surface area contributed by atoms with Gasteiger partial charge in [0, 0.05) is 29.4 Å². The highest BCUT2D eigenvalue weighted by Crippen LogP contribution is 2.44. The molecule has 0 radical (unpaired) electrons. The van der Waals surface area contributed by atoms with E-state index >= 15 is 0 Å². The van der Waals surface area contributed by atoms with Gasteiger partial charge in [-0.2, -0.15) is 0 Å². The van der Waals surface area contributed by atoms with Crippen LogP contribution in [0.3, 0.4) is 0 Å². The maximum absolute atomic E-state index is 12.7. The van der Waals surface area contributed by atoms with Crippen LogP contribution in [-0.4, -0.2) is 41.4 Å². The lowest BCUT2D eigenvalue weighted by molar-refractivity contribution is -0.124. The minimum atomic E-state index is -0.393. The van der Waals surface area contributed by atoms with Crippen molar-refractivity contribution in [3.8, 4) is 16.3 Å². The molecule has 0 bridgehead atoms. The number of carbonyl (C=O) groups excluding carboxylic acids is 1. The van der Waals surface area contributed by atoms with Crippen LogP contribution in [0.1, 0.15) is 69.9 Å². The predicted molar refractivity (Wildman–Crippen MR) is 124 cm³/mol. The van der Waals surface area contributed by atoms with Crippen LogP contribution in [-0.2, 0) is 16.6 Å². The smallest absolute Gasteiger partial charge is 0.144 e. The van der Waals surface area contributed by atoms with Crippen molar-refractivity contribution in [1.29, 1.82) is 0 Å². The van der Waals surface area contributed by atoms with E-state index in [1.54, 1.807) is 11.3 Å². The Balaban J connectivity index is 1.35. The molecule has 2 unspecified atom stereocenters. The third-order valence-corrected chi connectivity index (χ3v) is 7.98. The Hall–Kier alpha value is -1.72. The second-order valence-electron chi connectivity index (χ2n) is 9.05. The number of carbonyl (C=O) groups is 1. The zero-order valence-electron chi connectivity index (χ0n) is 18.6. The van der Waals surface area contributed by atoms with Crippen molar-refractivity contribution in [3.63, 3.8) is 0 Å². The first-order chi connectivity index (χ1) is 14.5. The monoisotopic (exact) mass is 426 g/mol. The molecule has 2 aromatic rings. The van der Waals surface area contributed by atoms with Gasteiger partial charge >= 0.3 is 0 Å². The number of benzene rings is 1. The Labute approximate surface area is 184 Å². The molecule has 2 atom stereocenters. The molecule has 1 fully saturated rings. The number of ether oxygens (including phenoxy) is 1. The number of ketones is 1. The average Bonchev–Trinajstić information content (AvgIpc) is 3.43. The van der Waals surface area contributed by atoms with Crippen LogP contribution in [0.4, 0.5) is 0 Å². The second-order valence-corrected chi connectivity index (χ2v) is 10.1. The molecular formula is C25H34N2O2S. The number of rotatable bonds is 9. The van der Waals surface area contributed by atoms with Gasteiger partial charge in [-0.3, -0.25) is 4.79 Å². The molecule has 1 aliphatic carbocycles. The van der Waals surface area contributed by atoms with E-state index < -0.39 is 5.41 Å². The number of Topliss-reactive ketones (excluding diaryl/α,β-unsaturated/α-hetero) is 1. The van der Waals surface area contributed by atoms with Gasteiger partial charge in [0.25, 0.3) is 0 Å². The van der Waals surface area contributed by atoms with Gasteiger partial charge in [-0.15, -0.1) is 11.3 Å². The summed E-state index contributed by atoms with van der Waals surface area (Å²) in [5.41, 5.74) is 1.74. The number of likely N-dealkylation sites (tertiary alicyclic amines) is 1. The van der Waals surface area contributed by atoms with E-state index in [0.29, 0.717) is 12.2 Å². The maximum Gasteiger partial charge on any atom is 0.144 e. The minimum absolute atomic E-state index is 0.340. The predicted octanol–water partition coefficient (Wildman–Crippen LogP) is 5.64. The van der Waals surface area contributed by atoms with E-state index in [1.165, 1.54) is 24.3 Å². The summed E-state index contributed by atoms with van der Waals surface area (Å²) >= 11 is 1.74. The fraction of sp³-hybridized carbons (Fsp3) is 0.600. The van der Waals surface area contributed by atoms with Crippen molar-refractivity contribution in [1.82, 2.24) is 9.88 Å². The molecule has 2 heterocycles. The fourth-order valence-electron chi connectivity index (χ4n) is 4.81. The van der Waals surface area contributed by atoms with E-state index in [1.807, 2.05) is 12.1 Å². The highest BCUT2D eigenvalue weighted by Gasteiger charge is 2.43. The molecule has 1 aromatic carbocycles. The third-order valence-electron chi connectivity index (χ3n) is 6.81. The first-order valence-electron chi connectivity index (χ1n) is 11.5. The van der Waals surface area contributed by atoms with E-state index in [9.17, 15) is 4.79 Å². The normalized spacial score (nSPS) is 23.6. The van der Waals surface area contributed by atoms with Crippen molar-refractivity contribution in [2.24, 2.45) is 0 Å². The van der Waals surface area contributed by atoms with Crippen LogP contribution in [0.25, 0.3) is 10.6 Å². The summed E-state index contributed by atoms with van der Waals surface area (Å²) < 4.78 is 5.96. The average molecular weight is 427 g/mol. The van der Waals surface area contributed by atoms with Gasteiger partial charge in [0.15, 0.2) is 0 Å². The van der Waals surface area contributed by atoms with Crippen molar-refractivity contribution in [3.05, 3.63) is 34.8 Å². The Morgan fingerprint density at radius 3 is 2.83 bits per heavy atom. The minimum Gasteiger partial charge on any atom is -0.494 e. The quantitative estimate of drug-likeness (QED) is 0.487. The highest BCUT2D eigenvalue weighted by atomic mass is 32.1. The van der Waals surface area contributed by atoms with E-state index in [-0.39, 0.29) is 0 Å². The Morgan fingerprint density at radius 2 is 2.13 bits per heavy atom. The molecule has 2 aliphatic rings. The Morgan fingerprint density at radius 1 is 1.33 bits per heavy atom. The van der Waals surface area contributed by atoms with E-state index in [4.69, 9.17) is 9.72 Å². The van der Waals surface area contributed by atoms with Crippen LogP contribution in [0.2, 0.25) is 0 Å². The molecule has 1 aromatic heterocycles. The number of fused-ring (bicyclic) bond motifs is 1. The van der Waals surface area contributed by atoms with Gasteiger partial charge in [0.2, 0.25) is 0 Å². The van der Waals surface area contributed by atoms with Crippen molar-refractivity contribution >= 4 is 17.1 Å². The summed E-state index contributed by atoms with van der Waals surface area (Å²) in [5.74, 6) is 1.26. The Bertz CT molecular complexity index is 876. The number of hydrogen-bond donors (Lipinski definition) is 0. The summed E-state index contributed by atoms with van der Waals surface area (Å²) in [6, 6.07) is 9.00. The zero-order valence-corrected chi connectivity index (χ0v) is 19.4. The summed E-state index contributed by atoms with van der Waals surface area (Å²) in [6.45, 7) is 9.59. The van der Waals surface area contributed by atoms with Gasteiger partial charge in [0.05, 0.1) is 17.7 Å². The third kappa shape index (κ3) is 4.33. The molecule has 0 saturated carbocycles. The van der Waals surface area contributed by atoms with Crippen LogP contribution in [0.15, 0.2) is 24.3 Å². The van der Waals surface area contributed by atoms with Gasteiger partial charge in [0.1, 0.15) is 16.5 Å². The first kappa shape index (κ1) is 21.5. The lowest BCUT2D eigenvalue weighted by Gasteiger charge is -2.21. The molecule has 30 heavy (non-hydrogen) atoms. The van der Waals surface area contributed by atoms with Gasteiger partial charge < -0.3 is 9.64 Å². The molecular weight excluding hydrogens is 392 g/mol. The standard InChI is InChI=1S/C25H34N2O2S/c1-4-7-22(28)25(3)14-13-21-23(25)26-24(30-21)19-9-11-20(12-10-19)29-17-6-16-27-15-5-8-18(27)2/h9-12,18H,4-8,13-17H2,1-3H3. The molecule has 4 nitrogen and oxygen atoms in total. The molecule has 162 valence electrons. The molecule has 5 heteroatoms. The molecule has 1 saturated heterocycles. The van der Waals surface area contributed by atoms with Gasteiger partial charge in [-0.25, -0.2) is 4.98 Å². The fourth-order valence-corrected chi connectivity index (χ4v) is 6.00. The van der Waals surface area contributed by atoms with Gasteiger partial charge in [-0.05, 0) is 83.2 Å². The molecule has 4 rings (SSSR count). The van der Waals surface area contributed by atoms with Crippen molar-refractivity contribution in [2.45, 2.75) is 77.2 Å². The lowest BCUT2D eigenvalue weighted by atomic mass is 9.81. The lowest BCUT2D eigenvalue weighted by Crippen LogP contribution is -2.30. The number of aryl methyl sites for hydroxylation is 1. The van der Waals surface area contributed by atoms with Crippen LogP contribution in [0, 0.1) is 0 Å². The van der Waals surface area contributed by atoms with Crippen LogP contribution >= 0.6 is 11.3 Å². The summed E-state index contributed by atoms with van der Waals surface area (Å²) in [5, 5.41) is 1.02. The van der Waals surface area contributed by atoms with E-state index in [2.05, 4.69) is 37.8 Å². The van der Waals surface area contributed by atoms with Gasteiger partial charge in [-0.1, -0.05) is 6.92 Å². The van der Waals surface area contributed by atoms with E-state index in [0.717, 1.165) is 66.9 Å². The highest BCUT2D eigenvalue weighted by molar-refractivity contribution is 7.15. The number of nitrogens with zero attached hydrogens (tertiary/aromatic N) is 2. The first-order valence-corrected chi connectivity index (χ1v) is 12.3. The van der Waals surface area contributed by atoms with Crippen LogP contribution in [0.5, 0.6) is 5.75 Å². The number of aromatic nitrogens is 1.